The van der Waals surface area contributed by atoms with Gasteiger partial charge in [0.2, 0.25) is 5.91 Å². The summed E-state index contributed by atoms with van der Waals surface area (Å²) in [7, 11) is 1.89. The number of benzene rings is 1. The number of rotatable bonds is 5. The van der Waals surface area contributed by atoms with Gasteiger partial charge < -0.3 is 10.2 Å². The summed E-state index contributed by atoms with van der Waals surface area (Å²) < 4.78 is 0. The molecule has 1 saturated carbocycles. The lowest BCUT2D eigenvalue weighted by Crippen LogP contribution is -2.53. The molecule has 1 aromatic rings. The molecule has 4 nitrogen and oxygen atoms in total. The predicted octanol–water partition coefficient (Wildman–Crippen LogP) is 3.79. The molecule has 1 fully saturated rings. The Balaban J connectivity index is 2.08. The van der Waals surface area contributed by atoms with Gasteiger partial charge in [-0.15, -0.1) is 0 Å². The highest BCUT2D eigenvalue weighted by Gasteiger charge is 2.32. The van der Waals surface area contributed by atoms with Crippen LogP contribution in [0.3, 0.4) is 0 Å². The van der Waals surface area contributed by atoms with Gasteiger partial charge in [-0.1, -0.05) is 39.0 Å². The summed E-state index contributed by atoms with van der Waals surface area (Å²) in [6.45, 7) is 8.16. The van der Waals surface area contributed by atoms with Crippen LogP contribution in [0.15, 0.2) is 24.3 Å². The Labute approximate surface area is 152 Å². The molecule has 0 radical (unpaired) electrons. The van der Waals surface area contributed by atoms with E-state index in [1.807, 2.05) is 50.9 Å². The molecule has 2 amide bonds. The number of nitrogens with zero attached hydrogens (tertiary/aromatic N) is 1. The number of aryl methyl sites for hydroxylation is 1. The van der Waals surface area contributed by atoms with Crippen LogP contribution >= 0.6 is 0 Å². The number of nitrogens with one attached hydrogen (secondary N) is 1. The summed E-state index contributed by atoms with van der Waals surface area (Å²) in [5, 5.41) is 2.97. The standard InChI is InChI=1S/C21H32N2O2/c1-14(2)19(22-20(24)18-9-7-6-8-16(18)4)21(25)23(5)17-12-10-15(3)11-13-17/h6-9,14-15,17,19H,10-13H2,1-5H3,(H,22,24). The summed E-state index contributed by atoms with van der Waals surface area (Å²) in [4.78, 5) is 27.5. The van der Waals surface area contributed by atoms with Crippen LogP contribution in [0.25, 0.3) is 0 Å². The van der Waals surface area contributed by atoms with Crippen LogP contribution in [0, 0.1) is 18.8 Å². The van der Waals surface area contributed by atoms with E-state index >= 15 is 0 Å². The van der Waals surface area contributed by atoms with Gasteiger partial charge in [-0.05, 0) is 56.1 Å². The normalized spacial score (nSPS) is 21.7. The van der Waals surface area contributed by atoms with Crippen molar-refractivity contribution in [3.63, 3.8) is 0 Å². The van der Waals surface area contributed by atoms with Gasteiger partial charge in [0.25, 0.3) is 5.91 Å². The SMILES string of the molecule is Cc1ccccc1C(=O)NC(C(=O)N(C)C1CCC(C)CC1)C(C)C. The maximum atomic E-state index is 13.0. The fourth-order valence-electron chi connectivity index (χ4n) is 3.59. The quantitative estimate of drug-likeness (QED) is 0.883. The number of carbonyl (C=O) groups excluding carboxylic acids is 2. The maximum Gasteiger partial charge on any atom is 0.252 e. The molecule has 0 saturated heterocycles. The molecule has 0 aromatic heterocycles. The first-order chi connectivity index (χ1) is 11.8. The van der Waals surface area contributed by atoms with E-state index in [4.69, 9.17) is 0 Å². The van der Waals surface area contributed by atoms with Gasteiger partial charge in [-0.3, -0.25) is 9.59 Å². The fourth-order valence-corrected chi connectivity index (χ4v) is 3.59. The highest BCUT2D eigenvalue weighted by molar-refractivity contribution is 5.98. The lowest BCUT2D eigenvalue weighted by molar-refractivity contribution is -0.135. The largest absolute Gasteiger partial charge is 0.341 e. The molecular weight excluding hydrogens is 312 g/mol. The monoisotopic (exact) mass is 344 g/mol. The molecule has 2 rings (SSSR count). The average molecular weight is 344 g/mol. The van der Waals surface area contributed by atoms with Crippen molar-refractivity contribution in [2.24, 2.45) is 11.8 Å². The number of amides is 2. The highest BCUT2D eigenvalue weighted by Crippen LogP contribution is 2.27. The first-order valence-corrected chi connectivity index (χ1v) is 9.44. The van der Waals surface area contributed by atoms with Crippen LogP contribution in [0.4, 0.5) is 0 Å². The van der Waals surface area contributed by atoms with Crippen LogP contribution in [0.2, 0.25) is 0 Å². The van der Waals surface area contributed by atoms with Gasteiger partial charge in [0.1, 0.15) is 6.04 Å². The van der Waals surface area contributed by atoms with E-state index in [1.165, 1.54) is 12.8 Å². The minimum Gasteiger partial charge on any atom is -0.341 e. The summed E-state index contributed by atoms with van der Waals surface area (Å²) in [6, 6.07) is 7.28. The maximum absolute atomic E-state index is 13.0. The van der Waals surface area contributed by atoms with Crippen LogP contribution in [-0.4, -0.2) is 35.8 Å². The number of hydrogen-bond donors (Lipinski definition) is 1. The minimum absolute atomic E-state index is 0.0245. The van der Waals surface area contributed by atoms with Crippen LogP contribution in [0.1, 0.15) is 62.4 Å². The van der Waals surface area contributed by atoms with Gasteiger partial charge in [-0.25, -0.2) is 0 Å². The Morgan fingerprint density at radius 2 is 1.72 bits per heavy atom. The summed E-state index contributed by atoms with van der Waals surface area (Å²) in [5.74, 6) is 0.652. The van der Waals surface area contributed by atoms with E-state index < -0.39 is 6.04 Å². The van der Waals surface area contributed by atoms with E-state index in [0.29, 0.717) is 11.6 Å². The molecule has 0 aliphatic heterocycles. The molecule has 1 aliphatic carbocycles. The van der Waals surface area contributed by atoms with Crippen molar-refractivity contribution in [2.45, 2.75) is 65.5 Å². The Kier molecular flexibility index (Phi) is 6.63. The molecule has 1 N–H and O–H groups in total. The molecule has 25 heavy (non-hydrogen) atoms. The van der Waals surface area contributed by atoms with Crippen LogP contribution < -0.4 is 5.32 Å². The third-order valence-corrected chi connectivity index (χ3v) is 5.49. The van der Waals surface area contributed by atoms with Crippen LogP contribution in [0.5, 0.6) is 0 Å². The van der Waals surface area contributed by atoms with Gasteiger partial charge in [-0.2, -0.15) is 0 Å². The lowest BCUT2D eigenvalue weighted by atomic mass is 9.86. The lowest BCUT2D eigenvalue weighted by Gasteiger charge is -2.36. The molecule has 0 bridgehead atoms. The van der Waals surface area contributed by atoms with E-state index in [2.05, 4.69) is 12.2 Å². The van der Waals surface area contributed by atoms with Crippen molar-refractivity contribution < 1.29 is 9.59 Å². The summed E-state index contributed by atoms with van der Waals surface area (Å²) in [6.07, 6.45) is 4.45. The fraction of sp³-hybridized carbons (Fsp3) is 0.619. The first kappa shape index (κ1) is 19.5. The molecular formula is C21H32N2O2. The van der Waals surface area contributed by atoms with Gasteiger partial charge in [0.15, 0.2) is 0 Å². The average Bonchev–Trinajstić information content (AvgIpc) is 2.59. The second kappa shape index (κ2) is 8.50. The number of carbonyl (C=O) groups is 2. The summed E-state index contributed by atoms with van der Waals surface area (Å²) in [5.41, 5.74) is 1.56. The smallest absolute Gasteiger partial charge is 0.252 e. The molecule has 1 unspecified atom stereocenters. The van der Waals surface area contributed by atoms with Crippen molar-refractivity contribution in [1.29, 1.82) is 0 Å². The third-order valence-electron chi connectivity index (χ3n) is 5.49. The Morgan fingerprint density at radius 1 is 1.12 bits per heavy atom. The Bertz CT molecular complexity index is 604. The molecule has 1 aromatic carbocycles. The van der Waals surface area contributed by atoms with Crippen molar-refractivity contribution >= 4 is 11.8 Å². The van der Waals surface area contributed by atoms with Gasteiger partial charge in [0, 0.05) is 18.7 Å². The van der Waals surface area contributed by atoms with Crippen molar-refractivity contribution in [2.75, 3.05) is 7.05 Å². The van der Waals surface area contributed by atoms with Gasteiger partial charge >= 0.3 is 0 Å². The first-order valence-electron chi connectivity index (χ1n) is 9.44. The topological polar surface area (TPSA) is 49.4 Å². The van der Waals surface area contributed by atoms with E-state index in [0.717, 1.165) is 24.3 Å². The zero-order valence-corrected chi connectivity index (χ0v) is 16.2. The van der Waals surface area contributed by atoms with Gasteiger partial charge in [0.05, 0.1) is 0 Å². The molecule has 1 atom stereocenters. The zero-order chi connectivity index (χ0) is 18.6. The second-order valence-electron chi connectivity index (χ2n) is 7.87. The molecule has 4 heteroatoms. The molecule has 138 valence electrons. The molecule has 1 aliphatic rings. The van der Waals surface area contributed by atoms with E-state index in [1.54, 1.807) is 6.07 Å². The minimum atomic E-state index is -0.489. The molecule has 0 heterocycles. The summed E-state index contributed by atoms with van der Waals surface area (Å²) >= 11 is 0. The van der Waals surface area contributed by atoms with E-state index in [-0.39, 0.29) is 17.7 Å². The zero-order valence-electron chi connectivity index (χ0n) is 16.2. The molecule has 0 spiro atoms. The van der Waals surface area contributed by atoms with Crippen LogP contribution in [-0.2, 0) is 4.79 Å². The Hall–Kier alpha value is -1.84. The van der Waals surface area contributed by atoms with Crippen molar-refractivity contribution in [3.05, 3.63) is 35.4 Å². The van der Waals surface area contributed by atoms with Crippen molar-refractivity contribution in [1.82, 2.24) is 10.2 Å². The van der Waals surface area contributed by atoms with E-state index in [9.17, 15) is 9.59 Å². The number of hydrogen-bond acceptors (Lipinski definition) is 2. The van der Waals surface area contributed by atoms with Crippen molar-refractivity contribution in [3.8, 4) is 0 Å². The second-order valence-corrected chi connectivity index (χ2v) is 7.87. The predicted molar refractivity (Wildman–Crippen MR) is 101 cm³/mol. The highest BCUT2D eigenvalue weighted by atomic mass is 16.2. The Morgan fingerprint density at radius 3 is 2.28 bits per heavy atom. The number of likely N-dealkylation sites (N-methyl/N-ethyl adjacent to an activating group) is 1. The third kappa shape index (κ3) is 4.83.